The molecular weight excluding hydrogens is 374 g/mol. The van der Waals surface area contributed by atoms with Crippen molar-refractivity contribution < 1.29 is 4.74 Å². The van der Waals surface area contributed by atoms with Gasteiger partial charge in [0, 0.05) is 30.7 Å². The molecule has 0 N–H and O–H groups in total. The Bertz CT molecular complexity index is 752. The summed E-state index contributed by atoms with van der Waals surface area (Å²) in [5, 5.41) is 2.43. The predicted octanol–water partition coefficient (Wildman–Crippen LogP) is 8.77. The molecule has 1 aromatic carbocycles. The number of hydrogen-bond donors (Lipinski definition) is 0. The van der Waals surface area contributed by atoms with Gasteiger partial charge in [-0.1, -0.05) is 97.8 Å². The lowest BCUT2D eigenvalue weighted by Gasteiger charge is -2.24. The van der Waals surface area contributed by atoms with E-state index in [1.165, 1.54) is 35.6 Å². The number of hydrogen-bond acceptors (Lipinski definition) is 2. The van der Waals surface area contributed by atoms with E-state index in [0.29, 0.717) is 24.0 Å². The molecule has 1 aliphatic rings. The highest BCUT2D eigenvalue weighted by molar-refractivity contribution is 7.71. The Morgan fingerprint density at radius 2 is 1.69 bits per heavy atom. The van der Waals surface area contributed by atoms with E-state index in [2.05, 4.69) is 55.8 Å². The van der Waals surface area contributed by atoms with E-state index in [0.717, 1.165) is 4.64 Å². The summed E-state index contributed by atoms with van der Waals surface area (Å²) in [5.41, 5.74) is 1.28. The molecule has 4 unspecified atom stereocenters. The summed E-state index contributed by atoms with van der Waals surface area (Å²) < 4.78 is 9.12. The first-order chi connectivity index (χ1) is 14.1. The lowest BCUT2D eigenvalue weighted by atomic mass is 9.97. The van der Waals surface area contributed by atoms with E-state index < -0.39 is 0 Å². The van der Waals surface area contributed by atoms with E-state index in [9.17, 15) is 0 Å². The molecule has 3 heteroatoms. The number of methoxy groups -OCH3 is 1. The van der Waals surface area contributed by atoms with Gasteiger partial charge in [-0.2, -0.15) is 0 Å². The Morgan fingerprint density at radius 3 is 2.24 bits per heavy atom. The van der Waals surface area contributed by atoms with Crippen molar-refractivity contribution in [2.75, 3.05) is 7.11 Å². The average molecular weight is 420 g/mol. The van der Waals surface area contributed by atoms with Crippen LogP contribution in [0.15, 0.2) is 30.5 Å². The molecule has 1 heterocycles. The summed E-state index contributed by atoms with van der Waals surface area (Å²) in [6.45, 7) is 18.7. The molecule has 1 aromatic heterocycles. The van der Waals surface area contributed by atoms with Gasteiger partial charge in [0.25, 0.3) is 0 Å². The lowest BCUT2D eigenvalue weighted by molar-refractivity contribution is 0.0361. The Balaban J connectivity index is 0.00000120. The predicted molar refractivity (Wildman–Crippen MR) is 134 cm³/mol. The zero-order valence-corrected chi connectivity index (χ0v) is 21.4. The van der Waals surface area contributed by atoms with Gasteiger partial charge in [-0.3, -0.25) is 0 Å². The number of aryl methyl sites for hydroxylation is 1. The van der Waals surface area contributed by atoms with Gasteiger partial charge >= 0.3 is 0 Å². The third-order valence-electron chi connectivity index (χ3n) is 5.51. The highest BCUT2D eigenvalue weighted by Gasteiger charge is 2.41. The first-order valence-electron chi connectivity index (χ1n) is 11.7. The average Bonchev–Trinajstić information content (AvgIpc) is 3.07. The van der Waals surface area contributed by atoms with Crippen molar-refractivity contribution in [1.82, 2.24) is 4.57 Å². The minimum Gasteiger partial charge on any atom is -0.381 e. The van der Waals surface area contributed by atoms with Gasteiger partial charge in [0.15, 0.2) is 0 Å². The molecule has 0 saturated heterocycles. The monoisotopic (exact) mass is 419 g/mol. The molecule has 2 nitrogen and oxygen atoms in total. The number of benzene rings is 1. The molecule has 29 heavy (non-hydrogen) atoms. The zero-order chi connectivity index (χ0) is 22.6. The molecule has 4 atom stereocenters. The summed E-state index contributed by atoms with van der Waals surface area (Å²) in [5.74, 6) is 1.13. The summed E-state index contributed by atoms with van der Waals surface area (Å²) in [6.07, 6.45) is 6.15. The maximum absolute atomic E-state index is 5.84. The summed E-state index contributed by atoms with van der Waals surface area (Å²) in [6, 6.07) is 9.18. The van der Waals surface area contributed by atoms with E-state index >= 15 is 0 Å². The molecular formula is C26H45NOS. The van der Waals surface area contributed by atoms with Gasteiger partial charge in [0.1, 0.15) is 4.64 Å². The van der Waals surface area contributed by atoms with E-state index in [-0.39, 0.29) is 0 Å². The van der Waals surface area contributed by atoms with Gasteiger partial charge < -0.3 is 9.30 Å². The quantitative estimate of drug-likeness (QED) is 0.460. The number of ether oxygens (including phenoxy) is 1. The second kappa shape index (κ2) is 14.7. The first-order valence-corrected chi connectivity index (χ1v) is 12.1. The minimum atomic E-state index is 0.343. The van der Waals surface area contributed by atoms with Gasteiger partial charge in [-0.05, 0) is 37.1 Å². The maximum Gasteiger partial charge on any atom is 0.114 e. The SMILES string of the molecule is CC.CC.CC.CCCC1CC(n2ccc3cc(C)ccc3c2=S)C(C)C1OC. The van der Waals surface area contributed by atoms with Crippen molar-refractivity contribution in [2.45, 2.75) is 93.7 Å². The Kier molecular flexibility index (Phi) is 14.1. The van der Waals surface area contributed by atoms with Crippen molar-refractivity contribution >= 4 is 23.0 Å². The second-order valence-corrected chi connectivity index (χ2v) is 7.42. The zero-order valence-electron chi connectivity index (χ0n) is 20.6. The molecule has 3 rings (SSSR count). The van der Waals surface area contributed by atoms with Crippen LogP contribution in [0.1, 0.15) is 86.3 Å². The van der Waals surface area contributed by atoms with Crippen molar-refractivity contribution in [1.29, 1.82) is 0 Å². The van der Waals surface area contributed by atoms with E-state index in [4.69, 9.17) is 17.0 Å². The smallest absolute Gasteiger partial charge is 0.114 e. The van der Waals surface area contributed by atoms with Gasteiger partial charge in [-0.15, -0.1) is 0 Å². The third kappa shape index (κ3) is 6.65. The second-order valence-electron chi connectivity index (χ2n) is 7.03. The first kappa shape index (κ1) is 27.8. The van der Waals surface area contributed by atoms with Crippen LogP contribution >= 0.6 is 12.2 Å². The van der Waals surface area contributed by atoms with Crippen molar-refractivity contribution in [3.05, 3.63) is 40.7 Å². The van der Waals surface area contributed by atoms with Gasteiger partial charge in [0.05, 0.1) is 6.10 Å². The topological polar surface area (TPSA) is 14.2 Å². The van der Waals surface area contributed by atoms with Crippen LogP contribution in [-0.4, -0.2) is 17.8 Å². The van der Waals surface area contributed by atoms with Crippen LogP contribution in [0.5, 0.6) is 0 Å². The lowest BCUT2D eigenvalue weighted by Crippen LogP contribution is -2.24. The van der Waals surface area contributed by atoms with E-state index in [1.807, 2.05) is 48.7 Å². The van der Waals surface area contributed by atoms with Crippen molar-refractivity contribution in [3.63, 3.8) is 0 Å². The molecule has 0 amide bonds. The molecule has 2 aromatic rings. The fraction of sp³-hybridized carbons (Fsp3) is 0.654. The standard InChI is InChI=1S/C20H27NOS.3C2H6/c1-5-6-16-12-18(14(3)19(16)22-4)21-10-9-15-11-13(2)7-8-17(15)20(21)23;3*1-2/h7-11,14,16,18-19H,5-6,12H2,1-4H3;3*1-2H3. The fourth-order valence-corrected chi connectivity index (χ4v) is 4.76. The fourth-order valence-electron chi connectivity index (χ4n) is 4.38. The molecule has 166 valence electrons. The molecule has 0 bridgehead atoms. The highest BCUT2D eigenvalue weighted by atomic mass is 32.1. The number of pyridine rings is 1. The minimum absolute atomic E-state index is 0.343. The van der Waals surface area contributed by atoms with E-state index in [1.54, 1.807) is 0 Å². The molecule has 0 radical (unpaired) electrons. The molecule has 1 aliphatic carbocycles. The number of fused-ring (bicyclic) bond motifs is 1. The Labute approximate surface area is 185 Å². The summed E-state index contributed by atoms with van der Waals surface area (Å²) in [4.78, 5) is 0. The van der Waals surface area contributed by atoms with Crippen LogP contribution in [0.2, 0.25) is 0 Å². The third-order valence-corrected chi connectivity index (χ3v) is 5.94. The highest BCUT2D eigenvalue weighted by Crippen LogP contribution is 2.43. The number of rotatable bonds is 4. The van der Waals surface area contributed by atoms with Crippen LogP contribution in [0.4, 0.5) is 0 Å². The van der Waals surface area contributed by atoms with Crippen LogP contribution in [0.25, 0.3) is 10.8 Å². The largest absolute Gasteiger partial charge is 0.381 e. The maximum atomic E-state index is 5.84. The van der Waals surface area contributed by atoms with Gasteiger partial charge in [-0.25, -0.2) is 0 Å². The molecule has 0 aliphatic heterocycles. The Hall–Kier alpha value is -1.19. The summed E-state index contributed by atoms with van der Waals surface area (Å²) in [7, 11) is 1.86. The number of aromatic nitrogens is 1. The number of nitrogens with zero attached hydrogens (tertiary/aromatic N) is 1. The van der Waals surface area contributed by atoms with Gasteiger partial charge in [0.2, 0.25) is 0 Å². The molecule has 1 saturated carbocycles. The van der Waals surface area contributed by atoms with Crippen LogP contribution < -0.4 is 0 Å². The van der Waals surface area contributed by atoms with Crippen LogP contribution in [-0.2, 0) is 4.74 Å². The van der Waals surface area contributed by atoms with Crippen molar-refractivity contribution in [3.8, 4) is 0 Å². The molecule has 1 fully saturated rings. The Morgan fingerprint density at radius 1 is 1.07 bits per heavy atom. The molecule has 0 spiro atoms. The summed E-state index contributed by atoms with van der Waals surface area (Å²) >= 11 is 5.83. The van der Waals surface area contributed by atoms with Crippen LogP contribution in [0.3, 0.4) is 0 Å². The normalized spacial score (nSPS) is 22.6. The van der Waals surface area contributed by atoms with Crippen molar-refractivity contribution in [2.24, 2.45) is 11.8 Å². The van der Waals surface area contributed by atoms with Crippen LogP contribution in [0, 0.1) is 23.4 Å².